The Balaban J connectivity index is 1.66. The molecule has 0 bridgehead atoms. The molecule has 1 saturated carbocycles. The number of hydrogen-bond acceptors (Lipinski definition) is 5. The molecule has 3 heterocycles. The number of fused-ring (bicyclic) bond motifs is 4. The van der Waals surface area contributed by atoms with E-state index in [1.165, 1.54) is 6.42 Å². The molecule has 94 valence electrons. The molecule has 0 radical (unpaired) electrons. The van der Waals surface area contributed by atoms with Crippen molar-refractivity contribution >= 4 is 5.97 Å². The Hall–Kier alpha value is -0.650. The van der Waals surface area contributed by atoms with Gasteiger partial charge in [-0.1, -0.05) is 6.42 Å². The quantitative estimate of drug-likeness (QED) is 0.594. The van der Waals surface area contributed by atoms with Crippen molar-refractivity contribution in [1.82, 2.24) is 5.06 Å². The first kappa shape index (κ1) is 10.3. The number of carbonyl (C=O) groups is 1. The molecule has 0 unspecified atom stereocenters. The second kappa shape index (κ2) is 3.43. The number of nitrogens with zero attached hydrogens (tertiary/aromatic N) is 1. The molecule has 4 fully saturated rings. The summed E-state index contributed by atoms with van der Waals surface area (Å²) in [7, 11) is 0. The lowest BCUT2D eigenvalue weighted by Gasteiger charge is -2.37. The van der Waals surface area contributed by atoms with Crippen molar-refractivity contribution in [3.05, 3.63) is 0 Å². The lowest BCUT2D eigenvalue weighted by atomic mass is 9.91. The van der Waals surface area contributed by atoms with Crippen LogP contribution < -0.4 is 0 Å². The number of hydroxylamine groups is 2. The predicted octanol–water partition coefficient (Wildman–Crippen LogP) is 1.18. The molecule has 0 aromatic rings. The maximum Gasteiger partial charge on any atom is 0.328 e. The van der Waals surface area contributed by atoms with Gasteiger partial charge in [0.15, 0.2) is 12.0 Å². The highest BCUT2D eigenvalue weighted by molar-refractivity contribution is 5.79. The van der Waals surface area contributed by atoms with E-state index in [4.69, 9.17) is 14.3 Å². The Labute approximate surface area is 99.9 Å². The number of hydrogen-bond donors (Lipinski definition) is 0. The second-order valence-electron chi connectivity index (χ2n) is 5.50. The fourth-order valence-corrected chi connectivity index (χ4v) is 3.69. The Bertz CT molecular complexity index is 352. The van der Waals surface area contributed by atoms with Gasteiger partial charge in [-0.3, -0.25) is 9.63 Å². The van der Waals surface area contributed by atoms with Gasteiger partial charge in [0.1, 0.15) is 6.04 Å². The monoisotopic (exact) mass is 239 g/mol. The zero-order valence-corrected chi connectivity index (χ0v) is 9.76. The maximum atomic E-state index is 12.1. The van der Waals surface area contributed by atoms with Crippen LogP contribution in [0.15, 0.2) is 0 Å². The molecule has 0 N–H and O–H groups in total. The molecule has 0 amide bonds. The van der Waals surface area contributed by atoms with E-state index in [2.05, 4.69) is 0 Å². The average molecular weight is 239 g/mol. The third-order valence-electron chi connectivity index (χ3n) is 4.53. The standard InChI is InChI=1S/C12H17NO4/c14-10-9-8-4-7-15-11(8)17-13(9)12(16-10)5-2-1-3-6-12/h8-9,11H,1-7H2/t8-,9+,11+/m0/s1. The zero-order chi connectivity index (χ0) is 11.5. The van der Waals surface area contributed by atoms with Gasteiger partial charge in [0, 0.05) is 18.8 Å². The van der Waals surface area contributed by atoms with E-state index >= 15 is 0 Å². The number of esters is 1. The molecule has 5 nitrogen and oxygen atoms in total. The molecule has 4 rings (SSSR count). The summed E-state index contributed by atoms with van der Waals surface area (Å²) in [5, 5.41) is 1.84. The molecule has 4 aliphatic rings. The summed E-state index contributed by atoms with van der Waals surface area (Å²) < 4.78 is 11.2. The first-order valence-electron chi connectivity index (χ1n) is 6.61. The first-order valence-corrected chi connectivity index (χ1v) is 6.61. The van der Waals surface area contributed by atoms with Gasteiger partial charge in [-0.25, -0.2) is 0 Å². The van der Waals surface area contributed by atoms with E-state index in [0.717, 1.165) is 32.1 Å². The first-order chi connectivity index (χ1) is 8.30. The Morgan fingerprint density at radius 1 is 1.24 bits per heavy atom. The van der Waals surface area contributed by atoms with Crippen molar-refractivity contribution < 1.29 is 19.1 Å². The van der Waals surface area contributed by atoms with Crippen LogP contribution in [0.5, 0.6) is 0 Å². The zero-order valence-electron chi connectivity index (χ0n) is 9.76. The van der Waals surface area contributed by atoms with Gasteiger partial charge < -0.3 is 9.47 Å². The highest BCUT2D eigenvalue weighted by Gasteiger charge is 2.64. The van der Waals surface area contributed by atoms with Gasteiger partial charge in [-0.05, 0) is 19.3 Å². The number of ether oxygens (including phenoxy) is 2. The summed E-state index contributed by atoms with van der Waals surface area (Å²) in [5.41, 5.74) is -0.478. The average Bonchev–Trinajstić information content (AvgIpc) is 2.93. The summed E-state index contributed by atoms with van der Waals surface area (Å²) in [6.45, 7) is 0.694. The number of rotatable bonds is 0. The van der Waals surface area contributed by atoms with Crippen molar-refractivity contribution in [3.63, 3.8) is 0 Å². The summed E-state index contributed by atoms with van der Waals surface area (Å²) in [4.78, 5) is 17.9. The lowest BCUT2D eigenvalue weighted by Crippen LogP contribution is -2.47. The smallest absolute Gasteiger partial charge is 0.328 e. The Morgan fingerprint density at radius 2 is 2.06 bits per heavy atom. The molecular weight excluding hydrogens is 222 g/mol. The van der Waals surface area contributed by atoms with Crippen LogP contribution in [0.3, 0.4) is 0 Å². The summed E-state index contributed by atoms with van der Waals surface area (Å²) in [6.07, 6.45) is 5.92. The minimum absolute atomic E-state index is 0.107. The van der Waals surface area contributed by atoms with E-state index in [1.807, 2.05) is 5.06 Å². The molecule has 1 aliphatic carbocycles. The summed E-state index contributed by atoms with van der Waals surface area (Å²) in [6, 6.07) is -0.222. The van der Waals surface area contributed by atoms with Gasteiger partial charge in [0.05, 0.1) is 6.61 Å². The highest BCUT2D eigenvalue weighted by atomic mass is 16.8. The molecule has 1 spiro atoms. The second-order valence-corrected chi connectivity index (χ2v) is 5.50. The van der Waals surface area contributed by atoms with Crippen LogP contribution in [0.2, 0.25) is 0 Å². The molecule has 3 atom stereocenters. The fourth-order valence-electron chi connectivity index (χ4n) is 3.69. The Morgan fingerprint density at radius 3 is 2.88 bits per heavy atom. The fraction of sp³-hybridized carbons (Fsp3) is 0.917. The molecule has 0 aromatic carbocycles. The van der Waals surface area contributed by atoms with E-state index in [0.29, 0.717) is 6.61 Å². The van der Waals surface area contributed by atoms with Crippen molar-refractivity contribution in [2.24, 2.45) is 5.92 Å². The van der Waals surface area contributed by atoms with E-state index in [9.17, 15) is 4.79 Å². The predicted molar refractivity (Wildman–Crippen MR) is 56.5 cm³/mol. The number of carbonyl (C=O) groups excluding carboxylic acids is 1. The molecule has 17 heavy (non-hydrogen) atoms. The Kier molecular flexibility index (Phi) is 2.08. The maximum absolute atomic E-state index is 12.1. The van der Waals surface area contributed by atoms with Crippen LogP contribution >= 0.6 is 0 Å². The van der Waals surface area contributed by atoms with Crippen LogP contribution in [-0.4, -0.2) is 35.7 Å². The third kappa shape index (κ3) is 1.27. The SMILES string of the molecule is O=C1OC2(CCCCC2)N2O[C@H]3OCC[C@H]3[C@H]12. The van der Waals surface area contributed by atoms with Crippen LogP contribution in [0.1, 0.15) is 38.5 Å². The minimum atomic E-state index is -0.478. The van der Waals surface area contributed by atoms with Crippen LogP contribution in [-0.2, 0) is 19.1 Å². The van der Waals surface area contributed by atoms with Gasteiger partial charge in [0.2, 0.25) is 0 Å². The minimum Gasteiger partial charge on any atom is -0.440 e. The van der Waals surface area contributed by atoms with E-state index in [-0.39, 0.29) is 24.2 Å². The van der Waals surface area contributed by atoms with Crippen LogP contribution in [0.25, 0.3) is 0 Å². The summed E-state index contributed by atoms with van der Waals surface area (Å²) in [5.74, 6) is 0.0636. The van der Waals surface area contributed by atoms with Crippen LogP contribution in [0, 0.1) is 5.92 Å². The molecule has 5 heteroatoms. The molecular formula is C12H17NO4. The van der Waals surface area contributed by atoms with Gasteiger partial charge in [0.25, 0.3) is 0 Å². The topological polar surface area (TPSA) is 48.0 Å². The third-order valence-corrected chi connectivity index (χ3v) is 4.53. The van der Waals surface area contributed by atoms with E-state index < -0.39 is 5.72 Å². The van der Waals surface area contributed by atoms with Crippen molar-refractivity contribution in [1.29, 1.82) is 0 Å². The largest absolute Gasteiger partial charge is 0.440 e. The van der Waals surface area contributed by atoms with Crippen molar-refractivity contribution in [3.8, 4) is 0 Å². The van der Waals surface area contributed by atoms with Gasteiger partial charge in [-0.2, -0.15) is 0 Å². The van der Waals surface area contributed by atoms with Crippen LogP contribution in [0.4, 0.5) is 0 Å². The van der Waals surface area contributed by atoms with Crippen molar-refractivity contribution in [2.75, 3.05) is 6.61 Å². The molecule has 3 saturated heterocycles. The lowest BCUT2D eigenvalue weighted by molar-refractivity contribution is -0.306. The van der Waals surface area contributed by atoms with E-state index in [1.54, 1.807) is 0 Å². The molecule has 3 aliphatic heterocycles. The highest BCUT2D eigenvalue weighted by Crippen LogP contribution is 2.49. The van der Waals surface area contributed by atoms with Gasteiger partial charge in [-0.15, -0.1) is 5.06 Å². The summed E-state index contributed by atoms with van der Waals surface area (Å²) >= 11 is 0. The van der Waals surface area contributed by atoms with Gasteiger partial charge >= 0.3 is 5.97 Å². The normalized spacial score (nSPS) is 43.8. The molecule has 0 aromatic heterocycles. The van der Waals surface area contributed by atoms with Crippen molar-refractivity contribution in [2.45, 2.75) is 56.6 Å².